The van der Waals surface area contributed by atoms with Crippen molar-refractivity contribution in [1.82, 2.24) is 9.55 Å². The molecule has 1 aliphatic heterocycles. The van der Waals surface area contributed by atoms with E-state index >= 15 is 0 Å². The monoisotopic (exact) mass is 552 g/mol. The van der Waals surface area contributed by atoms with E-state index in [1.165, 1.54) is 27.9 Å². The van der Waals surface area contributed by atoms with E-state index in [-0.39, 0.29) is 5.41 Å². The van der Waals surface area contributed by atoms with E-state index < -0.39 is 0 Å². The fraction of sp³-hybridized carbons (Fsp3) is 0.0769. The van der Waals surface area contributed by atoms with Crippen LogP contribution in [0, 0.1) is 11.3 Å². The molecule has 0 aliphatic carbocycles. The second kappa shape index (κ2) is 9.44. The lowest BCUT2D eigenvalue weighted by Crippen LogP contribution is -2.30. The van der Waals surface area contributed by atoms with Gasteiger partial charge in [-0.05, 0) is 76.9 Å². The molecule has 0 unspecified atom stereocenters. The molecule has 7 aromatic rings. The summed E-state index contributed by atoms with van der Waals surface area (Å²) >= 11 is 0. The summed E-state index contributed by atoms with van der Waals surface area (Å²) in [6.45, 7) is 4.62. The highest BCUT2D eigenvalue weighted by Crippen LogP contribution is 2.52. The van der Waals surface area contributed by atoms with Crippen molar-refractivity contribution >= 4 is 38.9 Å². The molecule has 0 amide bonds. The van der Waals surface area contributed by atoms with Crippen molar-refractivity contribution in [2.45, 2.75) is 19.3 Å². The number of fused-ring (bicyclic) bond motifs is 5. The molecular weight excluding hydrogens is 524 g/mol. The molecule has 0 atom stereocenters. The Balaban J connectivity index is 1.47. The van der Waals surface area contributed by atoms with Crippen molar-refractivity contribution in [3.63, 3.8) is 0 Å². The molecule has 3 heterocycles. The van der Waals surface area contributed by atoms with E-state index in [0.717, 1.165) is 38.9 Å². The average Bonchev–Trinajstić information content (AvgIpc) is 3.39. The molecule has 1 aliphatic rings. The smallest absolute Gasteiger partial charge is 0.0991 e. The zero-order chi connectivity index (χ0) is 29.1. The van der Waals surface area contributed by atoms with Crippen LogP contribution in [0.3, 0.4) is 0 Å². The number of anilines is 3. The summed E-state index contributed by atoms with van der Waals surface area (Å²) in [7, 11) is 0. The van der Waals surface area contributed by atoms with Crippen LogP contribution in [-0.4, -0.2) is 9.55 Å². The third kappa shape index (κ3) is 3.79. The lowest BCUT2D eigenvalue weighted by atomic mass is 9.73. The Morgan fingerprint density at radius 3 is 2.07 bits per heavy atom. The highest BCUT2D eigenvalue weighted by Gasteiger charge is 2.36. The second-order valence-electron chi connectivity index (χ2n) is 11.7. The fourth-order valence-electron chi connectivity index (χ4n) is 6.83. The van der Waals surface area contributed by atoms with Crippen LogP contribution in [-0.2, 0) is 5.41 Å². The summed E-state index contributed by atoms with van der Waals surface area (Å²) in [4.78, 5) is 6.85. The van der Waals surface area contributed by atoms with Gasteiger partial charge >= 0.3 is 0 Å². The molecule has 0 fully saturated rings. The topological polar surface area (TPSA) is 44.9 Å². The van der Waals surface area contributed by atoms with Gasteiger partial charge in [0.15, 0.2) is 0 Å². The van der Waals surface area contributed by atoms with E-state index in [1.807, 2.05) is 30.6 Å². The maximum atomic E-state index is 9.71. The third-order valence-electron chi connectivity index (χ3n) is 8.85. The number of pyridine rings is 1. The van der Waals surface area contributed by atoms with Crippen molar-refractivity contribution < 1.29 is 0 Å². The zero-order valence-corrected chi connectivity index (χ0v) is 24.0. The van der Waals surface area contributed by atoms with Gasteiger partial charge in [0.05, 0.1) is 34.0 Å². The van der Waals surface area contributed by atoms with Gasteiger partial charge in [-0.2, -0.15) is 5.26 Å². The van der Waals surface area contributed by atoms with Crippen LogP contribution in [0.25, 0.3) is 38.6 Å². The van der Waals surface area contributed by atoms with Gasteiger partial charge in [0.1, 0.15) is 0 Å². The average molecular weight is 553 g/mol. The molecule has 0 bridgehead atoms. The molecule has 43 heavy (non-hydrogen) atoms. The summed E-state index contributed by atoms with van der Waals surface area (Å²) < 4.78 is 2.33. The Labute approximate surface area is 250 Å². The Bertz CT molecular complexity index is 2150. The van der Waals surface area contributed by atoms with Crippen molar-refractivity contribution in [2.75, 3.05) is 4.90 Å². The van der Waals surface area contributed by atoms with E-state index in [4.69, 9.17) is 0 Å². The predicted octanol–water partition coefficient (Wildman–Crippen LogP) is 9.83. The molecule has 204 valence electrons. The fourth-order valence-corrected chi connectivity index (χ4v) is 6.83. The summed E-state index contributed by atoms with van der Waals surface area (Å²) in [6, 6.07) is 45.0. The minimum absolute atomic E-state index is 0.148. The third-order valence-corrected chi connectivity index (χ3v) is 8.85. The largest absolute Gasteiger partial charge is 0.310 e. The lowest BCUT2D eigenvalue weighted by molar-refractivity contribution is 0.632. The van der Waals surface area contributed by atoms with Crippen LogP contribution in [0.2, 0.25) is 0 Å². The van der Waals surface area contributed by atoms with Crippen LogP contribution >= 0.6 is 0 Å². The van der Waals surface area contributed by atoms with Gasteiger partial charge < -0.3 is 9.47 Å². The number of hydrogen-bond donors (Lipinski definition) is 0. The predicted molar refractivity (Wildman–Crippen MR) is 176 cm³/mol. The number of nitriles is 1. The van der Waals surface area contributed by atoms with Gasteiger partial charge in [-0.25, -0.2) is 0 Å². The lowest BCUT2D eigenvalue weighted by Gasteiger charge is -2.42. The molecule has 0 radical (unpaired) electrons. The Morgan fingerprint density at radius 1 is 0.628 bits per heavy atom. The summed E-state index contributed by atoms with van der Waals surface area (Å²) in [5, 5.41) is 12.0. The second-order valence-corrected chi connectivity index (χ2v) is 11.7. The van der Waals surface area contributed by atoms with Gasteiger partial charge in [-0.15, -0.1) is 0 Å². The SMILES string of the molecule is CC1(C)c2ccccc2N(c2cc(-c3cccc(C#N)c3)cc(-n3c4ccccc4c4cnccc43)c2)c2ccccc21. The summed E-state index contributed by atoms with van der Waals surface area (Å²) in [5.41, 5.74) is 11.8. The highest BCUT2D eigenvalue weighted by molar-refractivity contribution is 6.09. The normalized spacial score (nSPS) is 13.5. The minimum atomic E-state index is -0.148. The Hall–Kier alpha value is -5.66. The summed E-state index contributed by atoms with van der Waals surface area (Å²) in [5.74, 6) is 0. The molecule has 5 aromatic carbocycles. The van der Waals surface area contributed by atoms with Crippen molar-refractivity contribution in [2.24, 2.45) is 0 Å². The number of hydrogen-bond acceptors (Lipinski definition) is 3. The first-order valence-corrected chi connectivity index (χ1v) is 14.5. The minimum Gasteiger partial charge on any atom is -0.310 e. The molecular formula is C39H28N4. The first-order valence-electron chi connectivity index (χ1n) is 14.5. The number of aromatic nitrogens is 2. The van der Waals surface area contributed by atoms with Crippen molar-refractivity contribution in [3.05, 3.63) is 150 Å². The van der Waals surface area contributed by atoms with Crippen LogP contribution in [0.5, 0.6) is 0 Å². The molecule has 2 aromatic heterocycles. The first-order chi connectivity index (χ1) is 21.0. The van der Waals surface area contributed by atoms with Gasteiger partial charge in [0.2, 0.25) is 0 Å². The van der Waals surface area contributed by atoms with Gasteiger partial charge in [-0.3, -0.25) is 4.98 Å². The van der Waals surface area contributed by atoms with Crippen LogP contribution in [0.4, 0.5) is 17.1 Å². The van der Waals surface area contributed by atoms with Crippen LogP contribution < -0.4 is 4.90 Å². The van der Waals surface area contributed by atoms with Gasteiger partial charge in [0.25, 0.3) is 0 Å². The number of benzene rings is 5. The molecule has 0 saturated carbocycles. The van der Waals surface area contributed by atoms with E-state index in [9.17, 15) is 5.26 Å². The van der Waals surface area contributed by atoms with Gasteiger partial charge in [-0.1, -0.05) is 80.6 Å². The quantitative estimate of drug-likeness (QED) is 0.219. The van der Waals surface area contributed by atoms with Crippen molar-refractivity contribution in [3.8, 4) is 22.9 Å². The van der Waals surface area contributed by atoms with E-state index in [1.54, 1.807) is 0 Å². The molecule has 4 nitrogen and oxygen atoms in total. The van der Waals surface area contributed by atoms with Crippen LogP contribution in [0.15, 0.2) is 134 Å². The van der Waals surface area contributed by atoms with Gasteiger partial charge in [0, 0.05) is 40.0 Å². The molecule has 0 N–H and O–H groups in total. The van der Waals surface area contributed by atoms with Crippen LogP contribution in [0.1, 0.15) is 30.5 Å². The Morgan fingerprint density at radius 2 is 1.30 bits per heavy atom. The molecule has 8 rings (SSSR count). The highest BCUT2D eigenvalue weighted by atomic mass is 15.2. The van der Waals surface area contributed by atoms with Crippen molar-refractivity contribution in [1.29, 1.82) is 5.26 Å². The first kappa shape index (κ1) is 25.1. The molecule has 0 spiro atoms. The maximum Gasteiger partial charge on any atom is 0.0991 e. The Kier molecular flexibility index (Phi) is 5.51. The van der Waals surface area contributed by atoms with E-state index in [2.05, 4.69) is 137 Å². The number of para-hydroxylation sites is 3. The number of rotatable bonds is 3. The summed E-state index contributed by atoms with van der Waals surface area (Å²) in [6.07, 6.45) is 3.81. The maximum absolute atomic E-state index is 9.71. The molecule has 0 saturated heterocycles. The zero-order valence-electron chi connectivity index (χ0n) is 24.0. The number of nitrogens with zero attached hydrogens (tertiary/aromatic N) is 4. The standard InChI is InChI=1S/C39H28N4/c1-39(2)33-13-4-7-16-37(33)43(38-17-8-5-14-34(38)39)30-22-28(27-11-9-10-26(20-27)24-40)21-29(23-30)42-35-15-6-3-12-31(35)32-25-41-19-18-36(32)42/h3-23,25H,1-2H3. The van der Waals surface area contributed by atoms with E-state index in [0.29, 0.717) is 5.56 Å². The molecule has 4 heteroatoms.